The summed E-state index contributed by atoms with van der Waals surface area (Å²) in [7, 11) is 1.60. The molecule has 0 aliphatic heterocycles. The number of halogens is 1. The Morgan fingerprint density at radius 2 is 1.59 bits per heavy atom. The molecule has 0 unspecified atom stereocenters. The standard InChI is InChI=1S/C25H20ClN3O3/c1-31-22-3-2-4-23(13-22)32-25-28-15-20(16-29-25)18-7-9-19(10-8-18)24(30)27-14-17-5-11-21(26)12-6-17/h2-13,15-16H,14H2,1H3,(H,27,30). The third-order valence-electron chi connectivity index (χ3n) is 4.73. The molecule has 0 atom stereocenters. The molecule has 3 aromatic carbocycles. The van der Waals surface area contributed by atoms with Crippen LogP contribution in [-0.4, -0.2) is 23.0 Å². The van der Waals surface area contributed by atoms with E-state index in [0.717, 1.165) is 16.7 Å². The van der Waals surface area contributed by atoms with Crippen LogP contribution in [0.1, 0.15) is 15.9 Å². The summed E-state index contributed by atoms with van der Waals surface area (Å²) in [6, 6.07) is 22.1. The number of carbonyl (C=O) groups is 1. The number of carbonyl (C=O) groups excluding carboxylic acids is 1. The second kappa shape index (κ2) is 9.94. The number of aromatic nitrogens is 2. The zero-order valence-electron chi connectivity index (χ0n) is 17.3. The van der Waals surface area contributed by atoms with Crippen LogP contribution in [0.2, 0.25) is 5.02 Å². The van der Waals surface area contributed by atoms with E-state index in [4.69, 9.17) is 21.1 Å². The number of nitrogens with one attached hydrogen (secondary N) is 1. The average Bonchev–Trinajstić information content (AvgIpc) is 2.84. The van der Waals surface area contributed by atoms with Crippen molar-refractivity contribution in [2.75, 3.05) is 7.11 Å². The van der Waals surface area contributed by atoms with Crippen LogP contribution in [0.3, 0.4) is 0 Å². The van der Waals surface area contributed by atoms with Crippen LogP contribution >= 0.6 is 11.6 Å². The molecule has 0 fully saturated rings. The minimum absolute atomic E-state index is 0.148. The van der Waals surface area contributed by atoms with Gasteiger partial charge in [0.15, 0.2) is 0 Å². The number of amides is 1. The highest BCUT2D eigenvalue weighted by Crippen LogP contribution is 2.24. The lowest BCUT2D eigenvalue weighted by atomic mass is 10.1. The van der Waals surface area contributed by atoms with Crippen LogP contribution in [0, 0.1) is 0 Å². The molecule has 0 bridgehead atoms. The minimum Gasteiger partial charge on any atom is -0.497 e. The summed E-state index contributed by atoms with van der Waals surface area (Å²) in [6.45, 7) is 0.431. The molecule has 1 amide bonds. The van der Waals surface area contributed by atoms with Crippen molar-refractivity contribution < 1.29 is 14.3 Å². The van der Waals surface area contributed by atoms with Crippen molar-refractivity contribution in [2.45, 2.75) is 6.54 Å². The Balaban J connectivity index is 1.37. The number of benzene rings is 3. The van der Waals surface area contributed by atoms with Crippen molar-refractivity contribution in [1.82, 2.24) is 15.3 Å². The van der Waals surface area contributed by atoms with Crippen molar-refractivity contribution in [3.63, 3.8) is 0 Å². The van der Waals surface area contributed by atoms with E-state index in [2.05, 4.69) is 15.3 Å². The molecule has 4 rings (SSSR count). The number of hydrogen-bond acceptors (Lipinski definition) is 5. The summed E-state index contributed by atoms with van der Waals surface area (Å²) < 4.78 is 10.9. The Kier molecular flexibility index (Phi) is 6.63. The van der Waals surface area contributed by atoms with E-state index in [1.165, 1.54) is 0 Å². The fourth-order valence-corrected chi connectivity index (χ4v) is 3.11. The molecule has 0 radical (unpaired) electrons. The molecule has 160 valence electrons. The van der Waals surface area contributed by atoms with Crippen LogP contribution in [0.5, 0.6) is 17.5 Å². The van der Waals surface area contributed by atoms with Gasteiger partial charge in [0.1, 0.15) is 11.5 Å². The smallest absolute Gasteiger partial charge is 0.321 e. The van der Waals surface area contributed by atoms with Crippen LogP contribution in [0.25, 0.3) is 11.1 Å². The van der Waals surface area contributed by atoms with Gasteiger partial charge in [-0.05, 0) is 47.5 Å². The highest BCUT2D eigenvalue weighted by atomic mass is 35.5. The zero-order chi connectivity index (χ0) is 22.3. The third kappa shape index (κ3) is 5.42. The van der Waals surface area contributed by atoms with Crippen molar-refractivity contribution in [1.29, 1.82) is 0 Å². The maximum Gasteiger partial charge on any atom is 0.321 e. The molecular weight excluding hydrogens is 426 g/mol. The number of ether oxygens (including phenoxy) is 2. The van der Waals surface area contributed by atoms with Gasteiger partial charge in [-0.1, -0.05) is 41.9 Å². The Hall–Kier alpha value is -3.90. The molecule has 4 aromatic rings. The summed E-state index contributed by atoms with van der Waals surface area (Å²) in [5, 5.41) is 3.57. The lowest BCUT2D eigenvalue weighted by Crippen LogP contribution is -2.22. The predicted molar refractivity (Wildman–Crippen MR) is 123 cm³/mol. The highest BCUT2D eigenvalue weighted by Gasteiger charge is 2.08. The summed E-state index contributed by atoms with van der Waals surface area (Å²) >= 11 is 5.88. The Bertz CT molecular complexity index is 1190. The van der Waals surface area contributed by atoms with Crippen LogP contribution in [-0.2, 0) is 6.54 Å². The highest BCUT2D eigenvalue weighted by molar-refractivity contribution is 6.30. The van der Waals surface area contributed by atoms with E-state index in [1.807, 2.05) is 36.4 Å². The predicted octanol–water partition coefficient (Wildman–Crippen LogP) is 5.53. The van der Waals surface area contributed by atoms with Crippen LogP contribution < -0.4 is 14.8 Å². The van der Waals surface area contributed by atoms with Gasteiger partial charge in [-0.25, -0.2) is 9.97 Å². The van der Waals surface area contributed by atoms with Crippen molar-refractivity contribution in [2.24, 2.45) is 0 Å². The molecule has 0 saturated heterocycles. The minimum atomic E-state index is -0.148. The molecule has 0 aliphatic rings. The third-order valence-corrected chi connectivity index (χ3v) is 4.98. The van der Waals surface area contributed by atoms with Gasteiger partial charge in [-0.15, -0.1) is 0 Å². The van der Waals surface area contributed by atoms with Gasteiger partial charge in [0.25, 0.3) is 5.91 Å². The fourth-order valence-electron chi connectivity index (χ4n) is 2.99. The lowest BCUT2D eigenvalue weighted by molar-refractivity contribution is 0.0951. The van der Waals surface area contributed by atoms with Gasteiger partial charge in [-0.3, -0.25) is 4.79 Å². The van der Waals surface area contributed by atoms with Crippen molar-refractivity contribution in [3.8, 4) is 28.6 Å². The SMILES string of the molecule is COc1cccc(Oc2ncc(-c3ccc(C(=O)NCc4ccc(Cl)cc4)cc3)cn2)c1. The zero-order valence-corrected chi connectivity index (χ0v) is 18.0. The summed E-state index contributed by atoms with van der Waals surface area (Å²) in [5.41, 5.74) is 3.26. The monoisotopic (exact) mass is 445 g/mol. The topological polar surface area (TPSA) is 73.3 Å². The molecular formula is C25H20ClN3O3. The largest absolute Gasteiger partial charge is 0.497 e. The first-order valence-corrected chi connectivity index (χ1v) is 10.3. The first-order valence-electron chi connectivity index (χ1n) is 9.88. The second-order valence-electron chi connectivity index (χ2n) is 6.92. The lowest BCUT2D eigenvalue weighted by Gasteiger charge is -2.08. The molecule has 0 aliphatic carbocycles. The molecule has 6 nitrogen and oxygen atoms in total. The molecule has 1 heterocycles. The molecule has 32 heavy (non-hydrogen) atoms. The summed E-state index contributed by atoms with van der Waals surface area (Å²) in [4.78, 5) is 20.9. The Morgan fingerprint density at radius 3 is 2.28 bits per heavy atom. The van der Waals surface area contributed by atoms with E-state index in [9.17, 15) is 4.79 Å². The molecule has 1 aromatic heterocycles. The Labute approximate surface area is 190 Å². The first kappa shape index (κ1) is 21.3. The maximum absolute atomic E-state index is 12.4. The van der Waals surface area contributed by atoms with E-state index in [-0.39, 0.29) is 11.9 Å². The number of methoxy groups -OCH3 is 1. The van der Waals surface area contributed by atoms with E-state index in [1.54, 1.807) is 55.9 Å². The van der Waals surface area contributed by atoms with Gasteiger partial charge < -0.3 is 14.8 Å². The molecule has 1 N–H and O–H groups in total. The quantitative estimate of drug-likeness (QED) is 0.405. The average molecular weight is 446 g/mol. The van der Waals surface area contributed by atoms with Crippen LogP contribution in [0.4, 0.5) is 0 Å². The number of hydrogen-bond donors (Lipinski definition) is 1. The normalized spacial score (nSPS) is 10.4. The van der Waals surface area contributed by atoms with Gasteiger partial charge in [-0.2, -0.15) is 0 Å². The number of nitrogens with zero attached hydrogens (tertiary/aromatic N) is 2. The molecule has 0 saturated carbocycles. The van der Waals surface area contributed by atoms with Crippen molar-refractivity contribution in [3.05, 3.63) is 101 Å². The van der Waals surface area contributed by atoms with Gasteiger partial charge in [0.2, 0.25) is 0 Å². The van der Waals surface area contributed by atoms with E-state index >= 15 is 0 Å². The summed E-state index contributed by atoms with van der Waals surface area (Å²) in [6.07, 6.45) is 3.36. The van der Waals surface area contributed by atoms with Crippen molar-refractivity contribution >= 4 is 17.5 Å². The summed E-state index contributed by atoms with van der Waals surface area (Å²) in [5.74, 6) is 1.13. The van der Waals surface area contributed by atoms with Gasteiger partial charge >= 0.3 is 6.01 Å². The first-order chi connectivity index (χ1) is 15.6. The van der Waals surface area contributed by atoms with E-state index < -0.39 is 0 Å². The second-order valence-corrected chi connectivity index (χ2v) is 7.36. The van der Waals surface area contributed by atoms with Gasteiger partial charge in [0.05, 0.1) is 7.11 Å². The Morgan fingerprint density at radius 1 is 0.906 bits per heavy atom. The molecule has 0 spiro atoms. The molecule has 7 heteroatoms. The fraction of sp³-hybridized carbons (Fsp3) is 0.0800. The maximum atomic E-state index is 12.4. The van der Waals surface area contributed by atoms with E-state index in [0.29, 0.717) is 28.6 Å². The van der Waals surface area contributed by atoms with Crippen LogP contribution in [0.15, 0.2) is 85.2 Å². The number of rotatable bonds is 7. The van der Waals surface area contributed by atoms with Gasteiger partial charge in [0, 0.05) is 41.2 Å².